The molecule has 8 nitrogen and oxygen atoms in total. The zero-order valence-electron chi connectivity index (χ0n) is 20.5. The van der Waals surface area contributed by atoms with Crippen LogP contribution in [0.3, 0.4) is 0 Å². The van der Waals surface area contributed by atoms with Gasteiger partial charge in [0.25, 0.3) is 0 Å². The first kappa shape index (κ1) is 24.3. The van der Waals surface area contributed by atoms with Gasteiger partial charge in [-0.05, 0) is 69.0 Å². The van der Waals surface area contributed by atoms with Crippen molar-refractivity contribution < 1.29 is 4.74 Å². The van der Waals surface area contributed by atoms with E-state index in [2.05, 4.69) is 16.0 Å². The summed E-state index contributed by atoms with van der Waals surface area (Å²) >= 11 is 13.4. The normalized spacial score (nSPS) is 15.4. The molecule has 184 valence electrons. The number of nitriles is 1. The first-order valence-corrected chi connectivity index (χ1v) is 12.4. The van der Waals surface area contributed by atoms with Gasteiger partial charge in [-0.25, -0.2) is 19.6 Å². The predicted molar refractivity (Wildman–Crippen MR) is 138 cm³/mol. The van der Waals surface area contributed by atoms with Gasteiger partial charge in [0.15, 0.2) is 5.82 Å². The van der Waals surface area contributed by atoms with E-state index in [4.69, 9.17) is 38.0 Å². The highest BCUT2D eigenvalue weighted by molar-refractivity contribution is 6.34. The highest BCUT2D eigenvalue weighted by atomic mass is 35.5. The number of fused-ring (bicyclic) bond motifs is 1. The maximum Gasteiger partial charge on any atom is 0.238 e. The number of aryl methyl sites for hydroxylation is 2. The SMILES string of the molecule is COc1nc(-c2nc3n(n2)CCC[C@H]3c2cc(Cl)c(C(C)(C)C#N)cc2Cl)ccc1-n1cnc(C)c1. The van der Waals surface area contributed by atoms with E-state index in [-0.39, 0.29) is 5.92 Å². The number of nitrogens with zero attached hydrogens (tertiary/aromatic N) is 7. The zero-order chi connectivity index (χ0) is 25.6. The second kappa shape index (κ2) is 9.23. The Kier molecular flexibility index (Phi) is 6.23. The number of rotatable bonds is 5. The number of ether oxygens (including phenoxy) is 1. The van der Waals surface area contributed by atoms with E-state index in [1.54, 1.807) is 13.4 Å². The van der Waals surface area contributed by atoms with E-state index < -0.39 is 5.41 Å². The molecule has 1 atom stereocenters. The molecule has 0 saturated heterocycles. The number of methoxy groups -OCH3 is 1. The predicted octanol–water partition coefficient (Wildman–Crippen LogP) is 5.88. The molecule has 10 heteroatoms. The fourth-order valence-electron chi connectivity index (χ4n) is 4.58. The van der Waals surface area contributed by atoms with Gasteiger partial charge in [0, 0.05) is 28.7 Å². The first-order valence-electron chi connectivity index (χ1n) is 11.6. The fraction of sp³-hybridized carbons (Fsp3) is 0.346. The minimum Gasteiger partial charge on any atom is -0.479 e. The van der Waals surface area contributed by atoms with Crippen LogP contribution < -0.4 is 4.74 Å². The van der Waals surface area contributed by atoms with E-state index >= 15 is 0 Å². The van der Waals surface area contributed by atoms with Crippen LogP contribution in [0.15, 0.2) is 36.8 Å². The number of halogens is 2. The van der Waals surface area contributed by atoms with Crippen LogP contribution in [-0.2, 0) is 12.0 Å². The van der Waals surface area contributed by atoms with E-state index in [0.29, 0.717) is 33.0 Å². The molecular formula is C26H25Cl2N7O. The van der Waals surface area contributed by atoms with Gasteiger partial charge in [-0.15, -0.1) is 5.10 Å². The molecule has 1 aliphatic rings. The lowest BCUT2D eigenvalue weighted by molar-refractivity contribution is 0.396. The zero-order valence-corrected chi connectivity index (χ0v) is 22.0. The van der Waals surface area contributed by atoms with Gasteiger partial charge in [0.05, 0.1) is 30.6 Å². The molecule has 5 rings (SSSR count). The summed E-state index contributed by atoms with van der Waals surface area (Å²) < 4.78 is 9.35. The Labute approximate surface area is 219 Å². The Balaban J connectivity index is 1.53. The molecule has 0 amide bonds. The van der Waals surface area contributed by atoms with E-state index in [1.165, 1.54) is 0 Å². The lowest BCUT2D eigenvalue weighted by atomic mass is 9.83. The van der Waals surface area contributed by atoms with E-state index in [0.717, 1.165) is 42.2 Å². The van der Waals surface area contributed by atoms with Crippen LogP contribution in [-0.4, -0.2) is 36.4 Å². The summed E-state index contributed by atoms with van der Waals surface area (Å²) in [5.41, 5.74) is 3.15. The molecule has 0 unspecified atom stereocenters. The quantitative estimate of drug-likeness (QED) is 0.325. The summed E-state index contributed by atoms with van der Waals surface area (Å²) in [5.74, 6) is 1.73. The summed E-state index contributed by atoms with van der Waals surface area (Å²) in [6, 6.07) is 9.78. The Bertz CT molecular complexity index is 1500. The molecule has 0 aliphatic carbocycles. The molecular weight excluding hydrogens is 497 g/mol. The summed E-state index contributed by atoms with van der Waals surface area (Å²) in [5, 5.41) is 15.4. The Morgan fingerprint density at radius 1 is 1.17 bits per heavy atom. The monoisotopic (exact) mass is 521 g/mol. The van der Waals surface area contributed by atoms with Crippen molar-refractivity contribution in [1.82, 2.24) is 29.3 Å². The second-order valence-electron chi connectivity index (χ2n) is 9.45. The van der Waals surface area contributed by atoms with Crippen LogP contribution in [0.4, 0.5) is 0 Å². The number of pyridine rings is 1. The molecule has 4 heterocycles. The lowest BCUT2D eigenvalue weighted by Crippen LogP contribution is -2.19. The van der Waals surface area contributed by atoms with Crippen molar-refractivity contribution >= 4 is 23.2 Å². The Hall–Kier alpha value is -3.41. The summed E-state index contributed by atoms with van der Waals surface area (Å²) in [7, 11) is 1.59. The maximum absolute atomic E-state index is 9.55. The van der Waals surface area contributed by atoms with Gasteiger partial charge in [0.2, 0.25) is 5.88 Å². The van der Waals surface area contributed by atoms with Crippen molar-refractivity contribution in [2.45, 2.75) is 51.5 Å². The van der Waals surface area contributed by atoms with Crippen LogP contribution in [0.2, 0.25) is 10.0 Å². The van der Waals surface area contributed by atoms with Gasteiger partial charge in [0.1, 0.15) is 17.2 Å². The first-order chi connectivity index (χ1) is 17.2. The maximum atomic E-state index is 9.55. The Morgan fingerprint density at radius 3 is 2.67 bits per heavy atom. The smallest absolute Gasteiger partial charge is 0.238 e. The van der Waals surface area contributed by atoms with Crippen molar-refractivity contribution in [2.24, 2.45) is 0 Å². The number of benzene rings is 1. The lowest BCUT2D eigenvalue weighted by Gasteiger charge is -2.25. The topological polar surface area (TPSA) is 94.4 Å². The van der Waals surface area contributed by atoms with Crippen LogP contribution in [0, 0.1) is 18.3 Å². The molecule has 0 N–H and O–H groups in total. The molecule has 0 saturated carbocycles. The molecule has 0 radical (unpaired) electrons. The Morgan fingerprint density at radius 2 is 1.97 bits per heavy atom. The summed E-state index contributed by atoms with van der Waals surface area (Å²) in [4.78, 5) is 13.8. The molecule has 1 aromatic carbocycles. The fourth-order valence-corrected chi connectivity index (χ4v) is 5.28. The average molecular weight is 522 g/mol. The summed E-state index contributed by atoms with van der Waals surface area (Å²) in [6.45, 7) is 6.34. The molecule has 4 aromatic rings. The number of imidazole rings is 1. The van der Waals surface area contributed by atoms with Crippen molar-refractivity contribution in [3.05, 3.63) is 69.5 Å². The third-order valence-corrected chi connectivity index (χ3v) is 7.18. The van der Waals surface area contributed by atoms with E-state index in [1.807, 2.05) is 60.5 Å². The van der Waals surface area contributed by atoms with Crippen molar-refractivity contribution in [1.29, 1.82) is 5.26 Å². The van der Waals surface area contributed by atoms with Crippen LogP contribution in [0.5, 0.6) is 5.88 Å². The minimum atomic E-state index is -0.745. The molecule has 0 bridgehead atoms. The highest BCUT2D eigenvalue weighted by Gasteiger charge is 2.31. The van der Waals surface area contributed by atoms with Gasteiger partial charge in [-0.2, -0.15) is 5.26 Å². The molecule has 0 spiro atoms. The van der Waals surface area contributed by atoms with Gasteiger partial charge >= 0.3 is 0 Å². The van der Waals surface area contributed by atoms with Gasteiger partial charge < -0.3 is 9.30 Å². The number of aromatic nitrogens is 6. The van der Waals surface area contributed by atoms with E-state index in [9.17, 15) is 5.26 Å². The van der Waals surface area contributed by atoms with Gasteiger partial charge in [-0.1, -0.05) is 23.2 Å². The molecule has 3 aromatic heterocycles. The van der Waals surface area contributed by atoms with Crippen molar-refractivity contribution in [3.63, 3.8) is 0 Å². The molecule has 36 heavy (non-hydrogen) atoms. The van der Waals surface area contributed by atoms with Crippen molar-refractivity contribution in [2.75, 3.05) is 7.11 Å². The van der Waals surface area contributed by atoms with Crippen LogP contribution >= 0.6 is 23.2 Å². The third kappa shape index (κ3) is 4.23. The van der Waals surface area contributed by atoms with Crippen molar-refractivity contribution in [3.8, 4) is 29.2 Å². The standard InChI is InChI=1S/C26H25Cl2N7O/c1-15-12-34(14-30-15)22-8-7-21(31-25(22)36-4)23-32-24-16(6-5-9-35(24)33-23)17-10-20(28)18(11-19(17)27)26(2,3)13-29/h7-8,10-12,14,16H,5-6,9H2,1-4H3/t16-/m0/s1. The number of hydrogen-bond acceptors (Lipinski definition) is 6. The third-order valence-electron chi connectivity index (χ3n) is 6.54. The highest BCUT2D eigenvalue weighted by Crippen LogP contribution is 2.41. The molecule has 1 aliphatic heterocycles. The minimum absolute atomic E-state index is 0.0701. The van der Waals surface area contributed by atoms with Crippen LogP contribution in [0.1, 0.15) is 55.3 Å². The second-order valence-corrected chi connectivity index (χ2v) is 10.3. The number of hydrogen-bond donors (Lipinski definition) is 0. The summed E-state index contributed by atoms with van der Waals surface area (Å²) in [6.07, 6.45) is 5.43. The van der Waals surface area contributed by atoms with Gasteiger partial charge in [-0.3, -0.25) is 0 Å². The molecule has 0 fully saturated rings. The average Bonchev–Trinajstić information content (AvgIpc) is 3.51. The largest absolute Gasteiger partial charge is 0.479 e. The van der Waals surface area contributed by atoms with Crippen LogP contribution in [0.25, 0.3) is 17.2 Å².